The molecule has 0 aromatic heterocycles. The van der Waals surface area contributed by atoms with Crippen LogP contribution < -0.4 is 0 Å². The Bertz CT molecular complexity index is 1640. The molecule has 2 N–H and O–H groups in total. The summed E-state index contributed by atoms with van der Waals surface area (Å²) in [5.41, 5.74) is -0.296. The van der Waals surface area contributed by atoms with Crippen LogP contribution in [0.4, 0.5) is 18.0 Å². The molecule has 53 heavy (non-hydrogen) atoms. The van der Waals surface area contributed by atoms with Gasteiger partial charge in [-0.1, -0.05) is 77.0 Å². The molecule has 0 saturated heterocycles. The third kappa shape index (κ3) is 9.21. The Morgan fingerprint density at radius 3 is 2.51 bits per heavy atom. The topological polar surface area (TPSA) is 87.1 Å². The standard InChI is InChI=1S/C44H60F3NO5/c1-7-22-48(41(51)53-39-23-30(5)14-17-35(39)28(2)3)27-43(52)21-19-38-36-18-15-31(24-34(49)16-13-29(4)10-9-20-42(38,43)6)25-37(36)40(50)32-11-8-12-33(26-32)44(45,46)47/h8,10-12,15,18,25-26,28,30,34-35,38-39,49,52H,7,9,13-14,16-17,19-24,27H2,1-6H3/t30-,34-,35+,38-,39-,42-,43+/m0/s1. The van der Waals surface area contributed by atoms with Crippen molar-refractivity contribution in [1.29, 1.82) is 0 Å². The quantitative estimate of drug-likeness (QED) is 0.208. The molecular weight excluding hydrogens is 679 g/mol. The molecule has 0 spiro atoms. The van der Waals surface area contributed by atoms with Crippen LogP contribution in [0.2, 0.25) is 0 Å². The fourth-order valence-electron chi connectivity index (χ4n) is 9.46. The van der Waals surface area contributed by atoms with E-state index < -0.39 is 40.7 Å². The molecule has 6 nitrogen and oxygen atoms in total. The van der Waals surface area contributed by atoms with Gasteiger partial charge in [0.25, 0.3) is 0 Å². The number of aliphatic hydroxyl groups excluding tert-OH is 1. The first-order valence-corrected chi connectivity index (χ1v) is 19.8. The first kappa shape index (κ1) is 41.0. The van der Waals surface area contributed by atoms with Gasteiger partial charge in [0.15, 0.2) is 5.78 Å². The zero-order chi connectivity index (χ0) is 38.7. The zero-order valence-corrected chi connectivity index (χ0v) is 32.5. The van der Waals surface area contributed by atoms with E-state index in [4.69, 9.17) is 4.74 Å². The fourth-order valence-corrected chi connectivity index (χ4v) is 9.46. The highest BCUT2D eigenvalue weighted by Gasteiger charge is 2.58. The number of amides is 1. The summed E-state index contributed by atoms with van der Waals surface area (Å²) in [6, 6.07) is 10.0. The average Bonchev–Trinajstić information content (AvgIpc) is 3.35. The van der Waals surface area contributed by atoms with Crippen molar-refractivity contribution in [2.45, 2.75) is 142 Å². The van der Waals surface area contributed by atoms with Crippen molar-refractivity contribution < 1.29 is 37.7 Å². The number of carbonyl (C=O) groups excluding carboxylic acids is 2. The Kier molecular flexibility index (Phi) is 12.9. The van der Waals surface area contributed by atoms with Gasteiger partial charge < -0.3 is 19.8 Å². The van der Waals surface area contributed by atoms with E-state index in [1.165, 1.54) is 12.1 Å². The first-order valence-electron chi connectivity index (χ1n) is 19.8. The second-order valence-electron chi connectivity index (χ2n) is 17.0. The van der Waals surface area contributed by atoms with E-state index in [-0.39, 0.29) is 35.6 Å². The molecular formula is C44H60F3NO5. The number of alkyl halides is 3. The van der Waals surface area contributed by atoms with Crippen LogP contribution in [0.15, 0.2) is 54.1 Å². The van der Waals surface area contributed by atoms with Crippen molar-refractivity contribution in [2.75, 3.05) is 13.1 Å². The number of fused-ring (bicyclic) bond motifs is 8. The molecule has 7 atom stereocenters. The number of benzene rings is 2. The molecule has 2 fully saturated rings. The van der Waals surface area contributed by atoms with Gasteiger partial charge in [-0.2, -0.15) is 13.2 Å². The SMILES string of the molecule is CCCN(C[C@]1(O)CC[C@H]2c3ccc(cc3C(=O)c3cccc(C(F)(F)F)c3)C[C@@H](O)CCC(C)=CCC[C@@]21C)C(=O)O[C@H]1C[C@@H](C)CC[C@@H]1C(C)C. The van der Waals surface area contributed by atoms with E-state index in [0.29, 0.717) is 75.3 Å². The van der Waals surface area contributed by atoms with Gasteiger partial charge in [0.2, 0.25) is 0 Å². The Labute approximate surface area is 314 Å². The number of hydrogen-bond acceptors (Lipinski definition) is 5. The monoisotopic (exact) mass is 739 g/mol. The minimum Gasteiger partial charge on any atom is -0.446 e. The van der Waals surface area contributed by atoms with Crippen molar-refractivity contribution in [3.05, 3.63) is 81.9 Å². The molecule has 2 aromatic carbocycles. The van der Waals surface area contributed by atoms with Crippen molar-refractivity contribution in [3.8, 4) is 0 Å². The molecule has 1 amide bonds. The third-order valence-electron chi connectivity index (χ3n) is 12.8. The van der Waals surface area contributed by atoms with Gasteiger partial charge in [-0.05, 0) is 124 Å². The van der Waals surface area contributed by atoms with Crippen LogP contribution in [0.3, 0.4) is 0 Å². The highest BCUT2D eigenvalue weighted by molar-refractivity contribution is 6.10. The normalized spacial score (nSPS) is 29.7. The lowest BCUT2D eigenvalue weighted by Crippen LogP contribution is -2.54. The van der Waals surface area contributed by atoms with Gasteiger partial charge in [0.05, 0.1) is 23.8 Å². The van der Waals surface area contributed by atoms with Crippen LogP contribution in [-0.2, 0) is 17.3 Å². The highest BCUT2D eigenvalue weighted by atomic mass is 19.4. The zero-order valence-electron chi connectivity index (χ0n) is 32.5. The van der Waals surface area contributed by atoms with E-state index in [1.54, 1.807) is 11.0 Å². The van der Waals surface area contributed by atoms with Crippen molar-refractivity contribution in [2.24, 2.45) is 23.2 Å². The third-order valence-corrected chi connectivity index (χ3v) is 12.8. The summed E-state index contributed by atoms with van der Waals surface area (Å²) in [5, 5.41) is 23.8. The van der Waals surface area contributed by atoms with Crippen molar-refractivity contribution in [1.82, 2.24) is 4.90 Å². The molecule has 0 aliphatic heterocycles. The van der Waals surface area contributed by atoms with Crippen LogP contribution in [0.1, 0.15) is 144 Å². The van der Waals surface area contributed by atoms with E-state index in [9.17, 15) is 33.0 Å². The van der Waals surface area contributed by atoms with Crippen LogP contribution in [0, 0.1) is 23.2 Å². The summed E-state index contributed by atoms with van der Waals surface area (Å²) in [6.45, 7) is 13.2. The number of allylic oxidation sites excluding steroid dienone is 2. The lowest BCUT2D eigenvalue weighted by molar-refractivity contribution is -0.137. The predicted molar refractivity (Wildman–Crippen MR) is 202 cm³/mol. The van der Waals surface area contributed by atoms with Gasteiger partial charge in [0, 0.05) is 23.1 Å². The fraction of sp³-hybridized carbons (Fsp3) is 0.636. The van der Waals surface area contributed by atoms with E-state index >= 15 is 0 Å². The summed E-state index contributed by atoms with van der Waals surface area (Å²) in [6.07, 6.45) is 3.53. The molecule has 4 aliphatic carbocycles. The molecule has 9 heteroatoms. The number of carbonyl (C=O) groups is 2. The Morgan fingerprint density at radius 1 is 1.06 bits per heavy atom. The molecule has 2 saturated carbocycles. The number of halogens is 3. The van der Waals surface area contributed by atoms with E-state index in [2.05, 4.69) is 33.8 Å². The first-order chi connectivity index (χ1) is 25.0. The summed E-state index contributed by atoms with van der Waals surface area (Å²) < 4.78 is 47.6. The van der Waals surface area contributed by atoms with E-state index in [1.807, 2.05) is 26.0 Å². The molecule has 6 rings (SSSR count). The second-order valence-corrected chi connectivity index (χ2v) is 17.0. The number of aliphatic hydroxyl groups is 2. The van der Waals surface area contributed by atoms with Crippen molar-refractivity contribution in [3.63, 3.8) is 0 Å². The molecule has 2 bridgehead atoms. The maximum absolute atomic E-state index is 14.3. The summed E-state index contributed by atoms with van der Waals surface area (Å²) in [4.78, 5) is 30.0. The second kappa shape index (κ2) is 16.7. The highest BCUT2D eigenvalue weighted by Crippen LogP contribution is 2.59. The van der Waals surface area contributed by atoms with Gasteiger partial charge in [-0.3, -0.25) is 4.79 Å². The molecule has 0 radical (unpaired) electrons. The van der Waals surface area contributed by atoms with Crippen molar-refractivity contribution >= 4 is 11.9 Å². The summed E-state index contributed by atoms with van der Waals surface area (Å²) in [7, 11) is 0. The minimum absolute atomic E-state index is 0.0676. The van der Waals surface area contributed by atoms with Crippen LogP contribution in [0.5, 0.6) is 0 Å². The van der Waals surface area contributed by atoms with Gasteiger partial charge in [0.1, 0.15) is 6.10 Å². The summed E-state index contributed by atoms with van der Waals surface area (Å²) >= 11 is 0. The Balaban J connectivity index is 1.55. The average molecular weight is 740 g/mol. The molecule has 0 heterocycles. The smallest absolute Gasteiger partial charge is 0.416 e. The van der Waals surface area contributed by atoms with Gasteiger partial charge >= 0.3 is 12.3 Å². The maximum Gasteiger partial charge on any atom is 0.416 e. The number of ether oxygens (including phenoxy) is 1. The largest absolute Gasteiger partial charge is 0.446 e. The number of hydrogen-bond donors (Lipinski definition) is 2. The molecule has 0 unspecified atom stereocenters. The van der Waals surface area contributed by atoms with Gasteiger partial charge in [-0.25, -0.2) is 4.79 Å². The van der Waals surface area contributed by atoms with Crippen LogP contribution in [0.25, 0.3) is 0 Å². The molecule has 292 valence electrons. The Hall–Kier alpha value is -3.17. The minimum atomic E-state index is -4.61. The lowest BCUT2D eigenvalue weighted by Gasteiger charge is -2.46. The predicted octanol–water partition coefficient (Wildman–Crippen LogP) is 10.3. The lowest BCUT2D eigenvalue weighted by atomic mass is 9.64. The maximum atomic E-state index is 14.3. The summed E-state index contributed by atoms with van der Waals surface area (Å²) in [5.74, 6) is 0.256. The molecule has 4 aliphatic rings. The van der Waals surface area contributed by atoms with Gasteiger partial charge in [-0.15, -0.1) is 0 Å². The number of ketones is 1. The number of nitrogens with zero attached hydrogens (tertiary/aromatic N) is 1. The van der Waals surface area contributed by atoms with Crippen LogP contribution >= 0.6 is 0 Å². The van der Waals surface area contributed by atoms with Crippen LogP contribution in [-0.4, -0.2) is 57.9 Å². The Morgan fingerprint density at radius 2 is 1.81 bits per heavy atom. The molecule has 2 aromatic rings. The van der Waals surface area contributed by atoms with E-state index in [0.717, 1.165) is 42.5 Å². The number of rotatable bonds is 8.